The first-order chi connectivity index (χ1) is 12.2. The number of pyridine rings is 1. The number of aromatic nitrogens is 1. The Morgan fingerprint density at radius 3 is 2.88 bits per heavy atom. The fourth-order valence-corrected chi connectivity index (χ4v) is 4.13. The molecular formula is C19H17ClN4O. The molecule has 2 aliphatic heterocycles. The summed E-state index contributed by atoms with van der Waals surface area (Å²) in [6.07, 6.45) is 6.71. The maximum absolute atomic E-state index is 12.6. The van der Waals surface area contributed by atoms with E-state index in [1.165, 1.54) is 0 Å². The van der Waals surface area contributed by atoms with Crippen LogP contribution >= 0.6 is 11.6 Å². The first kappa shape index (κ1) is 15.9. The quantitative estimate of drug-likeness (QED) is 0.861. The van der Waals surface area contributed by atoms with Crippen LogP contribution in [-0.2, 0) is 0 Å². The first-order valence-electron chi connectivity index (χ1n) is 8.36. The summed E-state index contributed by atoms with van der Waals surface area (Å²) in [5.74, 6) is -0.195. The predicted molar refractivity (Wildman–Crippen MR) is 94.8 cm³/mol. The van der Waals surface area contributed by atoms with Gasteiger partial charge in [0.1, 0.15) is 5.69 Å². The van der Waals surface area contributed by atoms with E-state index in [2.05, 4.69) is 16.5 Å². The predicted octanol–water partition coefficient (Wildman–Crippen LogP) is 3.22. The monoisotopic (exact) mass is 352 g/mol. The number of carbonyl (C=O) groups is 1. The SMILES string of the molecule is N#CN1[C@H]2CC[C@@H]1[C@H](NC(=O)c1cc(-c3cccc(Cl)c3)ccn1)C2. The number of hydrogen-bond acceptors (Lipinski definition) is 4. The second-order valence-electron chi connectivity index (χ2n) is 6.56. The number of carbonyl (C=O) groups excluding carboxylic acids is 1. The first-order valence-corrected chi connectivity index (χ1v) is 8.74. The Morgan fingerprint density at radius 2 is 2.12 bits per heavy atom. The molecule has 2 bridgehead atoms. The van der Waals surface area contributed by atoms with Crippen molar-refractivity contribution >= 4 is 17.5 Å². The van der Waals surface area contributed by atoms with Gasteiger partial charge in [-0.2, -0.15) is 5.26 Å². The molecule has 126 valence electrons. The zero-order valence-electron chi connectivity index (χ0n) is 13.5. The highest BCUT2D eigenvalue weighted by atomic mass is 35.5. The number of fused-ring (bicyclic) bond motifs is 2. The van der Waals surface area contributed by atoms with Crippen LogP contribution in [0.3, 0.4) is 0 Å². The maximum atomic E-state index is 12.6. The zero-order valence-corrected chi connectivity index (χ0v) is 14.3. The van der Waals surface area contributed by atoms with Crippen LogP contribution in [0.15, 0.2) is 42.6 Å². The second kappa shape index (κ2) is 6.38. The maximum Gasteiger partial charge on any atom is 0.270 e. The van der Waals surface area contributed by atoms with Crippen molar-refractivity contribution in [3.8, 4) is 17.3 Å². The van der Waals surface area contributed by atoms with Crippen LogP contribution in [0.5, 0.6) is 0 Å². The minimum atomic E-state index is -0.195. The number of nitrogens with one attached hydrogen (secondary N) is 1. The van der Waals surface area contributed by atoms with Crippen LogP contribution in [0.4, 0.5) is 0 Å². The van der Waals surface area contributed by atoms with Crippen molar-refractivity contribution < 1.29 is 4.79 Å². The molecule has 0 unspecified atom stereocenters. The van der Waals surface area contributed by atoms with Crippen LogP contribution < -0.4 is 5.32 Å². The molecule has 1 N–H and O–H groups in total. The molecular weight excluding hydrogens is 336 g/mol. The molecule has 25 heavy (non-hydrogen) atoms. The van der Waals surface area contributed by atoms with E-state index in [1.54, 1.807) is 12.3 Å². The third-order valence-corrected chi connectivity index (χ3v) is 5.35. The molecule has 2 saturated heterocycles. The molecule has 2 fully saturated rings. The van der Waals surface area contributed by atoms with Crippen LogP contribution in [0.25, 0.3) is 11.1 Å². The zero-order chi connectivity index (χ0) is 17.4. The molecule has 0 spiro atoms. The van der Waals surface area contributed by atoms with Gasteiger partial charge in [0.05, 0.1) is 12.1 Å². The molecule has 1 aromatic heterocycles. The van der Waals surface area contributed by atoms with Crippen LogP contribution in [0, 0.1) is 11.5 Å². The van der Waals surface area contributed by atoms with Gasteiger partial charge in [0, 0.05) is 17.3 Å². The molecule has 1 amide bonds. The summed E-state index contributed by atoms with van der Waals surface area (Å²) in [5.41, 5.74) is 2.22. The average molecular weight is 353 g/mol. The number of nitriles is 1. The summed E-state index contributed by atoms with van der Waals surface area (Å²) in [7, 11) is 0. The lowest BCUT2D eigenvalue weighted by atomic mass is 9.95. The number of halogens is 1. The molecule has 5 nitrogen and oxygen atoms in total. The van der Waals surface area contributed by atoms with E-state index in [0.29, 0.717) is 10.7 Å². The smallest absolute Gasteiger partial charge is 0.270 e. The fourth-order valence-electron chi connectivity index (χ4n) is 3.94. The van der Waals surface area contributed by atoms with Gasteiger partial charge in [0.25, 0.3) is 5.91 Å². The van der Waals surface area contributed by atoms with E-state index in [1.807, 2.05) is 35.2 Å². The Balaban J connectivity index is 1.52. The summed E-state index contributed by atoms with van der Waals surface area (Å²) in [6, 6.07) is 11.5. The summed E-state index contributed by atoms with van der Waals surface area (Å²) < 4.78 is 0. The number of amides is 1. The fraction of sp³-hybridized carbons (Fsp3) is 0.316. The molecule has 3 atom stereocenters. The molecule has 2 aromatic rings. The largest absolute Gasteiger partial charge is 0.346 e. The van der Waals surface area contributed by atoms with E-state index in [9.17, 15) is 10.1 Å². The minimum Gasteiger partial charge on any atom is -0.346 e. The van der Waals surface area contributed by atoms with Crippen LogP contribution in [0.2, 0.25) is 5.02 Å². The Kier molecular flexibility index (Phi) is 4.06. The lowest BCUT2D eigenvalue weighted by molar-refractivity contribution is 0.0923. The van der Waals surface area contributed by atoms with Gasteiger partial charge in [-0.25, -0.2) is 0 Å². The van der Waals surface area contributed by atoms with Crippen molar-refractivity contribution in [1.82, 2.24) is 15.2 Å². The van der Waals surface area contributed by atoms with Gasteiger partial charge in [-0.3, -0.25) is 9.78 Å². The van der Waals surface area contributed by atoms with E-state index >= 15 is 0 Å². The highest BCUT2D eigenvalue weighted by molar-refractivity contribution is 6.30. The molecule has 0 aliphatic carbocycles. The Labute approximate surface area is 151 Å². The van der Waals surface area contributed by atoms with Crippen molar-refractivity contribution in [1.29, 1.82) is 5.26 Å². The van der Waals surface area contributed by atoms with Crippen molar-refractivity contribution in [2.45, 2.75) is 37.4 Å². The molecule has 1 aromatic carbocycles. The minimum absolute atomic E-state index is 0.0162. The molecule has 0 radical (unpaired) electrons. The van der Waals surface area contributed by atoms with Crippen LogP contribution in [0.1, 0.15) is 29.8 Å². The van der Waals surface area contributed by atoms with E-state index in [4.69, 9.17) is 11.6 Å². The van der Waals surface area contributed by atoms with Crippen molar-refractivity contribution in [3.63, 3.8) is 0 Å². The van der Waals surface area contributed by atoms with Gasteiger partial charge in [-0.1, -0.05) is 23.7 Å². The van der Waals surface area contributed by atoms with Gasteiger partial charge in [-0.15, -0.1) is 0 Å². The normalized spacial score (nSPS) is 24.2. The van der Waals surface area contributed by atoms with Gasteiger partial charge in [-0.05, 0) is 54.7 Å². The Bertz CT molecular complexity index is 862. The lowest BCUT2D eigenvalue weighted by Gasteiger charge is -2.21. The van der Waals surface area contributed by atoms with E-state index in [-0.39, 0.29) is 24.0 Å². The van der Waals surface area contributed by atoms with E-state index in [0.717, 1.165) is 30.4 Å². The van der Waals surface area contributed by atoms with Gasteiger partial charge in [0.15, 0.2) is 6.19 Å². The summed E-state index contributed by atoms with van der Waals surface area (Å²) in [4.78, 5) is 18.7. The van der Waals surface area contributed by atoms with Crippen molar-refractivity contribution in [2.24, 2.45) is 0 Å². The second-order valence-corrected chi connectivity index (χ2v) is 7.00. The standard InChI is InChI=1S/C19H17ClN4O/c20-14-3-1-2-12(8-14)13-6-7-22-17(9-13)19(25)23-16-10-15-4-5-18(16)24(15)11-21/h1-3,6-9,15-16,18H,4-5,10H2,(H,23,25)/t15-,16+,18+/m0/s1. The summed E-state index contributed by atoms with van der Waals surface area (Å²) in [6.45, 7) is 0. The van der Waals surface area contributed by atoms with Crippen molar-refractivity contribution in [2.75, 3.05) is 0 Å². The van der Waals surface area contributed by atoms with Crippen molar-refractivity contribution in [3.05, 3.63) is 53.3 Å². The number of nitrogens with zero attached hydrogens (tertiary/aromatic N) is 3. The number of benzene rings is 1. The summed E-state index contributed by atoms with van der Waals surface area (Å²) in [5, 5.41) is 13.0. The highest BCUT2D eigenvalue weighted by Crippen LogP contribution is 2.37. The molecule has 2 aliphatic rings. The van der Waals surface area contributed by atoms with Gasteiger partial charge in [0.2, 0.25) is 0 Å². The summed E-state index contributed by atoms with van der Waals surface area (Å²) >= 11 is 6.05. The molecule has 0 saturated carbocycles. The topological polar surface area (TPSA) is 69.0 Å². The van der Waals surface area contributed by atoms with E-state index < -0.39 is 0 Å². The molecule has 3 heterocycles. The average Bonchev–Trinajstić information content (AvgIpc) is 3.18. The lowest BCUT2D eigenvalue weighted by Crippen LogP contribution is -2.43. The molecule has 4 rings (SSSR count). The Morgan fingerprint density at radius 1 is 1.28 bits per heavy atom. The number of hydrogen-bond donors (Lipinski definition) is 1. The third kappa shape index (κ3) is 2.94. The van der Waals surface area contributed by atoms with Gasteiger partial charge < -0.3 is 10.2 Å². The van der Waals surface area contributed by atoms with Crippen LogP contribution in [-0.4, -0.2) is 33.9 Å². The number of rotatable bonds is 3. The Hall–Kier alpha value is -2.58. The van der Waals surface area contributed by atoms with Gasteiger partial charge >= 0.3 is 0 Å². The highest BCUT2D eigenvalue weighted by Gasteiger charge is 2.46. The molecule has 6 heteroatoms. The third-order valence-electron chi connectivity index (χ3n) is 5.12.